The highest BCUT2D eigenvalue weighted by atomic mass is 32.1. The zero-order valence-corrected chi connectivity index (χ0v) is 15.4. The smallest absolute Gasteiger partial charge is 0.182 e. The van der Waals surface area contributed by atoms with Crippen LogP contribution >= 0.6 is 11.3 Å². The number of ether oxygens (including phenoxy) is 1. The largest absolute Gasteiger partial charge is 0.396 e. The third-order valence-electron chi connectivity index (χ3n) is 3.27. The molecule has 0 amide bonds. The summed E-state index contributed by atoms with van der Waals surface area (Å²) in [6, 6.07) is 2.48. The molecule has 1 heterocycles. The molecule has 0 aliphatic rings. The Morgan fingerprint density at radius 3 is 2.46 bits per heavy atom. The number of rotatable bonds is 7. The first kappa shape index (κ1) is 20.5. The molecule has 134 valence electrons. The van der Waals surface area contributed by atoms with E-state index in [1.807, 2.05) is 6.92 Å². The van der Waals surface area contributed by atoms with E-state index in [9.17, 15) is 8.78 Å². The van der Waals surface area contributed by atoms with Crippen LogP contribution in [0.4, 0.5) is 14.5 Å². The minimum atomic E-state index is -1.02. The van der Waals surface area contributed by atoms with Gasteiger partial charge in [0, 0.05) is 24.2 Å². The summed E-state index contributed by atoms with van der Waals surface area (Å²) in [6.45, 7) is 8.08. The highest BCUT2D eigenvalue weighted by molar-refractivity contribution is 7.09. The molecule has 0 atom stereocenters. The Balaban J connectivity index is 0.000000277. The number of nitrogens with two attached hydrogens (primary N) is 1. The van der Waals surface area contributed by atoms with Gasteiger partial charge >= 0.3 is 0 Å². The molecule has 0 saturated heterocycles. The third kappa shape index (κ3) is 6.53. The van der Waals surface area contributed by atoms with Gasteiger partial charge in [0.05, 0.1) is 16.4 Å². The van der Waals surface area contributed by atoms with Gasteiger partial charge in [-0.05, 0) is 31.9 Å². The van der Waals surface area contributed by atoms with Gasteiger partial charge in [-0.3, -0.25) is 0 Å². The molecule has 0 saturated carbocycles. The van der Waals surface area contributed by atoms with Crippen molar-refractivity contribution in [2.75, 3.05) is 18.9 Å². The predicted octanol–water partition coefficient (Wildman–Crippen LogP) is 5.58. The van der Waals surface area contributed by atoms with Crippen molar-refractivity contribution in [1.82, 2.24) is 4.98 Å². The molecule has 0 aliphatic heterocycles. The fraction of sp³-hybridized carbons (Fsp3) is 0.500. The number of aryl methyl sites for hydroxylation is 1. The molecule has 2 aromatic rings. The van der Waals surface area contributed by atoms with E-state index in [1.165, 1.54) is 36.7 Å². The van der Waals surface area contributed by atoms with E-state index in [0.717, 1.165) is 30.7 Å². The summed E-state index contributed by atoms with van der Waals surface area (Å²) in [6.07, 6.45) is 4.97. The maximum absolute atomic E-state index is 13.2. The maximum Gasteiger partial charge on any atom is 0.182 e. The van der Waals surface area contributed by atoms with E-state index in [2.05, 4.69) is 18.8 Å². The Labute approximate surface area is 146 Å². The van der Waals surface area contributed by atoms with E-state index < -0.39 is 11.6 Å². The monoisotopic (exact) mass is 356 g/mol. The van der Waals surface area contributed by atoms with Gasteiger partial charge < -0.3 is 10.5 Å². The molecule has 2 rings (SSSR count). The summed E-state index contributed by atoms with van der Waals surface area (Å²) < 4.78 is 31.3. The number of halogens is 2. The first-order valence-corrected chi connectivity index (χ1v) is 9.12. The highest BCUT2D eigenvalue weighted by Gasteiger charge is 2.13. The number of aromatic nitrogens is 1. The minimum Gasteiger partial charge on any atom is -0.396 e. The van der Waals surface area contributed by atoms with E-state index in [1.54, 1.807) is 5.38 Å². The molecular formula is C18H26F2N2OS. The van der Waals surface area contributed by atoms with Crippen LogP contribution in [-0.2, 0) is 4.74 Å². The normalized spacial score (nSPS) is 10.4. The lowest BCUT2D eigenvalue weighted by atomic mass is 10.1. The summed E-state index contributed by atoms with van der Waals surface area (Å²) in [5.41, 5.74) is 6.29. The maximum atomic E-state index is 13.2. The van der Waals surface area contributed by atoms with Gasteiger partial charge in [-0.2, -0.15) is 0 Å². The van der Waals surface area contributed by atoms with Crippen LogP contribution in [0.25, 0.3) is 11.3 Å². The zero-order valence-electron chi connectivity index (χ0n) is 14.6. The van der Waals surface area contributed by atoms with Crippen molar-refractivity contribution in [3.63, 3.8) is 0 Å². The quantitative estimate of drug-likeness (QED) is 0.520. The first-order valence-electron chi connectivity index (χ1n) is 8.24. The molecule has 0 spiro atoms. The van der Waals surface area contributed by atoms with E-state index in [-0.39, 0.29) is 5.69 Å². The van der Waals surface area contributed by atoms with Crippen LogP contribution < -0.4 is 5.73 Å². The van der Waals surface area contributed by atoms with Gasteiger partial charge in [-0.25, -0.2) is 13.8 Å². The van der Waals surface area contributed by atoms with Gasteiger partial charge in [-0.1, -0.05) is 26.7 Å². The molecule has 3 nitrogen and oxygen atoms in total. The number of benzene rings is 1. The summed E-state index contributed by atoms with van der Waals surface area (Å²) in [5.74, 6) is -1.96. The number of unbranched alkanes of at least 4 members (excludes halogenated alkanes) is 2. The molecule has 0 fully saturated rings. The first-order chi connectivity index (χ1) is 11.5. The van der Waals surface area contributed by atoms with Crippen molar-refractivity contribution in [3.8, 4) is 11.3 Å². The Bertz CT molecular complexity index is 611. The van der Waals surface area contributed by atoms with Gasteiger partial charge in [0.15, 0.2) is 11.6 Å². The SMILES string of the molecule is CCCCCOCCC.Cc1nc(-c2ccc(F)c(F)c2N)cs1. The van der Waals surface area contributed by atoms with Crippen molar-refractivity contribution in [2.45, 2.75) is 46.5 Å². The standard InChI is InChI=1S/C10H8F2N2S.C8H18O/c1-5-14-8(4-15-5)6-2-3-7(11)9(12)10(6)13;1-3-5-6-8-9-7-4-2/h2-4H,13H2,1H3;3-8H2,1-2H3. The van der Waals surface area contributed by atoms with Crippen molar-refractivity contribution < 1.29 is 13.5 Å². The molecule has 1 aromatic heterocycles. The summed E-state index contributed by atoms with van der Waals surface area (Å²) in [7, 11) is 0. The van der Waals surface area contributed by atoms with E-state index in [0.29, 0.717) is 11.3 Å². The van der Waals surface area contributed by atoms with Crippen LogP contribution in [0, 0.1) is 18.6 Å². The molecular weight excluding hydrogens is 330 g/mol. The fourth-order valence-corrected chi connectivity index (χ4v) is 2.59. The number of thiazole rings is 1. The number of anilines is 1. The molecule has 1 aromatic carbocycles. The van der Waals surface area contributed by atoms with Gasteiger partial charge in [0.2, 0.25) is 0 Å². The van der Waals surface area contributed by atoms with Crippen molar-refractivity contribution in [3.05, 3.63) is 34.2 Å². The number of nitrogens with zero attached hydrogens (tertiary/aromatic N) is 1. The Morgan fingerprint density at radius 1 is 1.12 bits per heavy atom. The molecule has 24 heavy (non-hydrogen) atoms. The molecule has 0 bridgehead atoms. The Hall–Kier alpha value is -1.53. The number of hydrogen-bond donors (Lipinski definition) is 1. The van der Waals surface area contributed by atoms with Crippen LogP contribution in [0.15, 0.2) is 17.5 Å². The summed E-state index contributed by atoms with van der Waals surface area (Å²) in [4.78, 5) is 4.16. The molecule has 6 heteroatoms. The molecule has 2 N–H and O–H groups in total. The van der Waals surface area contributed by atoms with Crippen molar-refractivity contribution in [1.29, 1.82) is 0 Å². The van der Waals surface area contributed by atoms with Crippen molar-refractivity contribution in [2.24, 2.45) is 0 Å². The van der Waals surface area contributed by atoms with E-state index >= 15 is 0 Å². The Kier molecular flexibility index (Phi) is 9.49. The van der Waals surface area contributed by atoms with Crippen molar-refractivity contribution >= 4 is 17.0 Å². The van der Waals surface area contributed by atoms with Crippen LogP contribution in [0.1, 0.15) is 44.5 Å². The van der Waals surface area contributed by atoms with Crippen LogP contribution in [0.5, 0.6) is 0 Å². The molecule has 0 radical (unpaired) electrons. The van der Waals surface area contributed by atoms with Crippen LogP contribution in [0.2, 0.25) is 0 Å². The average Bonchev–Trinajstić information content (AvgIpc) is 2.99. The second-order valence-corrected chi connectivity index (χ2v) is 6.46. The lowest BCUT2D eigenvalue weighted by Gasteiger charge is -2.03. The van der Waals surface area contributed by atoms with Crippen LogP contribution in [-0.4, -0.2) is 18.2 Å². The van der Waals surface area contributed by atoms with E-state index in [4.69, 9.17) is 10.5 Å². The number of nitrogen functional groups attached to an aromatic ring is 1. The third-order valence-corrected chi connectivity index (χ3v) is 4.04. The number of hydrogen-bond acceptors (Lipinski definition) is 4. The second-order valence-electron chi connectivity index (χ2n) is 5.39. The van der Waals surface area contributed by atoms with Gasteiger partial charge in [-0.15, -0.1) is 11.3 Å². The Morgan fingerprint density at radius 2 is 1.88 bits per heavy atom. The average molecular weight is 356 g/mol. The topological polar surface area (TPSA) is 48.1 Å². The molecule has 0 unspecified atom stereocenters. The summed E-state index contributed by atoms with van der Waals surface area (Å²) in [5, 5.41) is 2.62. The fourth-order valence-electron chi connectivity index (χ4n) is 1.98. The molecule has 0 aliphatic carbocycles. The highest BCUT2D eigenvalue weighted by Crippen LogP contribution is 2.29. The zero-order chi connectivity index (χ0) is 17.9. The predicted molar refractivity (Wildman–Crippen MR) is 97.3 cm³/mol. The van der Waals surface area contributed by atoms with Gasteiger partial charge in [0.25, 0.3) is 0 Å². The lowest BCUT2D eigenvalue weighted by molar-refractivity contribution is 0.131. The summed E-state index contributed by atoms with van der Waals surface area (Å²) >= 11 is 1.44. The van der Waals surface area contributed by atoms with Gasteiger partial charge in [0.1, 0.15) is 0 Å². The van der Waals surface area contributed by atoms with Crippen LogP contribution in [0.3, 0.4) is 0 Å². The minimum absolute atomic E-state index is 0.194. The second kappa shape index (κ2) is 11.1. The lowest BCUT2D eigenvalue weighted by Crippen LogP contribution is -1.97.